The number of allylic oxidation sites excluding steroid dienone is 1. The fourth-order valence-electron chi connectivity index (χ4n) is 0.676. The summed E-state index contributed by atoms with van der Waals surface area (Å²) in [5, 5.41) is 9.47. The minimum atomic E-state index is -0.885. The van der Waals surface area contributed by atoms with Crippen molar-refractivity contribution in [3.05, 3.63) is 11.1 Å². The Labute approximate surface area is 84.8 Å². The summed E-state index contributed by atoms with van der Waals surface area (Å²) in [6.45, 7) is 7.54. The van der Waals surface area contributed by atoms with Gasteiger partial charge in [-0.05, 0) is 33.3 Å². The Balaban J connectivity index is 4.38. The molecule has 1 N–H and O–H groups in total. The first kappa shape index (κ1) is 12.7. The highest BCUT2D eigenvalue weighted by molar-refractivity contribution is 5.88. The van der Waals surface area contributed by atoms with Crippen LogP contribution in [0, 0.1) is 11.8 Å². The van der Waals surface area contributed by atoms with E-state index in [1.807, 2.05) is 13.8 Å². The highest BCUT2D eigenvalue weighted by Gasteiger charge is 2.03. The largest absolute Gasteiger partial charge is 0.456 e. The van der Waals surface area contributed by atoms with Gasteiger partial charge >= 0.3 is 5.97 Å². The summed E-state index contributed by atoms with van der Waals surface area (Å²) in [7, 11) is 0. The molecule has 0 fully saturated rings. The second kappa shape index (κ2) is 6.22. The summed E-state index contributed by atoms with van der Waals surface area (Å²) in [5.41, 5.74) is 1.76. The number of aliphatic hydroxyl groups is 1. The standard InChI is InChI=1S/C11H16O3/c1-5-14-11(13)7-6-10(12)9(4)8(2)3/h10,12H,5H2,1-4H3. The minimum Gasteiger partial charge on any atom is -0.456 e. The summed E-state index contributed by atoms with van der Waals surface area (Å²) >= 11 is 0. The van der Waals surface area contributed by atoms with Crippen molar-refractivity contribution in [2.45, 2.75) is 33.8 Å². The van der Waals surface area contributed by atoms with Gasteiger partial charge in [-0.3, -0.25) is 0 Å². The maximum atomic E-state index is 10.8. The number of hydrogen-bond acceptors (Lipinski definition) is 3. The molecular formula is C11H16O3. The lowest BCUT2D eigenvalue weighted by atomic mass is 10.1. The molecule has 0 aliphatic rings. The predicted octanol–water partition coefficient (Wildman–Crippen LogP) is 1.27. The fourth-order valence-corrected chi connectivity index (χ4v) is 0.676. The van der Waals surface area contributed by atoms with Crippen molar-refractivity contribution in [3.8, 4) is 11.8 Å². The van der Waals surface area contributed by atoms with Gasteiger partial charge in [-0.2, -0.15) is 0 Å². The zero-order chi connectivity index (χ0) is 11.1. The average Bonchev–Trinajstić information content (AvgIpc) is 2.13. The van der Waals surface area contributed by atoms with Crippen molar-refractivity contribution in [1.29, 1.82) is 0 Å². The molecule has 0 saturated heterocycles. The van der Waals surface area contributed by atoms with E-state index in [0.29, 0.717) is 6.61 Å². The van der Waals surface area contributed by atoms with Crippen LogP contribution in [0.5, 0.6) is 0 Å². The van der Waals surface area contributed by atoms with E-state index in [1.54, 1.807) is 13.8 Å². The zero-order valence-corrected chi connectivity index (χ0v) is 9.05. The molecular weight excluding hydrogens is 180 g/mol. The van der Waals surface area contributed by atoms with E-state index in [0.717, 1.165) is 11.1 Å². The van der Waals surface area contributed by atoms with Crippen LogP contribution in [-0.4, -0.2) is 23.8 Å². The summed E-state index contributed by atoms with van der Waals surface area (Å²) in [6, 6.07) is 0. The molecule has 3 heteroatoms. The number of carbonyl (C=O) groups is 1. The average molecular weight is 196 g/mol. The number of carbonyl (C=O) groups excluding carboxylic acids is 1. The van der Waals surface area contributed by atoms with E-state index in [-0.39, 0.29) is 0 Å². The minimum absolute atomic E-state index is 0.297. The van der Waals surface area contributed by atoms with Crippen LogP contribution in [0.1, 0.15) is 27.7 Å². The molecule has 0 aromatic heterocycles. The van der Waals surface area contributed by atoms with Gasteiger partial charge in [0, 0.05) is 5.92 Å². The molecule has 0 spiro atoms. The summed E-state index contributed by atoms with van der Waals surface area (Å²) in [5.74, 6) is 4.04. The molecule has 1 atom stereocenters. The second-order valence-electron chi connectivity index (χ2n) is 3.08. The van der Waals surface area contributed by atoms with Crippen LogP contribution in [0.25, 0.3) is 0 Å². The molecule has 0 rings (SSSR count). The topological polar surface area (TPSA) is 46.5 Å². The Hall–Kier alpha value is -1.27. The normalized spacial score (nSPS) is 10.9. The van der Waals surface area contributed by atoms with E-state index in [9.17, 15) is 9.90 Å². The molecule has 0 aromatic rings. The molecule has 0 aromatic carbocycles. The van der Waals surface area contributed by atoms with Crippen LogP contribution < -0.4 is 0 Å². The van der Waals surface area contributed by atoms with Crippen LogP contribution >= 0.6 is 0 Å². The van der Waals surface area contributed by atoms with Crippen LogP contribution in [0.15, 0.2) is 11.1 Å². The first-order valence-corrected chi connectivity index (χ1v) is 4.49. The molecule has 78 valence electrons. The third-order valence-corrected chi connectivity index (χ3v) is 1.79. The van der Waals surface area contributed by atoms with Gasteiger partial charge < -0.3 is 9.84 Å². The second-order valence-corrected chi connectivity index (χ2v) is 3.08. The molecule has 0 aliphatic carbocycles. The summed E-state index contributed by atoms with van der Waals surface area (Å²) in [4.78, 5) is 10.8. The monoisotopic (exact) mass is 196 g/mol. The molecule has 0 heterocycles. The highest BCUT2D eigenvalue weighted by Crippen LogP contribution is 2.06. The Morgan fingerprint density at radius 1 is 1.43 bits per heavy atom. The molecule has 0 bridgehead atoms. The SMILES string of the molecule is CCOC(=O)C#CC(O)C(C)=C(C)C. The first-order chi connectivity index (χ1) is 6.49. The maximum Gasteiger partial charge on any atom is 0.384 e. The lowest BCUT2D eigenvalue weighted by Crippen LogP contribution is -2.08. The van der Waals surface area contributed by atoms with E-state index in [4.69, 9.17) is 0 Å². The molecule has 3 nitrogen and oxygen atoms in total. The number of rotatable bonds is 2. The quantitative estimate of drug-likeness (QED) is 0.313. The molecule has 14 heavy (non-hydrogen) atoms. The van der Waals surface area contributed by atoms with E-state index >= 15 is 0 Å². The van der Waals surface area contributed by atoms with Gasteiger partial charge in [-0.25, -0.2) is 4.79 Å². The Bertz CT molecular complexity index is 287. The van der Waals surface area contributed by atoms with Crippen molar-refractivity contribution >= 4 is 5.97 Å². The molecule has 1 unspecified atom stereocenters. The van der Waals surface area contributed by atoms with Gasteiger partial charge in [0.15, 0.2) is 0 Å². The lowest BCUT2D eigenvalue weighted by molar-refractivity contribution is -0.136. The van der Waals surface area contributed by atoms with Gasteiger partial charge in [0.2, 0.25) is 0 Å². The fraction of sp³-hybridized carbons (Fsp3) is 0.545. The summed E-state index contributed by atoms with van der Waals surface area (Å²) in [6.07, 6.45) is -0.885. The molecule has 0 saturated carbocycles. The number of ether oxygens (including phenoxy) is 1. The number of hydrogen-bond donors (Lipinski definition) is 1. The van der Waals surface area contributed by atoms with Crippen molar-refractivity contribution in [1.82, 2.24) is 0 Å². The van der Waals surface area contributed by atoms with Gasteiger partial charge in [0.1, 0.15) is 6.10 Å². The van der Waals surface area contributed by atoms with Gasteiger partial charge in [0.05, 0.1) is 6.61 Å². The predicted molar refractivity (Wildman–Crippen MR) is 54.5 cm³/mol. The van der Waals surface area contributed by atoms with Crippen LogP contribution in [0.3, 0.4) is 0 Å². The van der Waals surface area contributed by atoms with Crippen LogP contribution in [0.4, 0.5) is 0 Å². The third-order valence-electron chi connectivity index (χ3n) is 1.79. The Morgan fingerprint density at radius 2 is 2.00 bits per heavy atom. The van der Waals surface area contributed by atoms with E-state index < -0.39 is 12.1 Å². The highest BCUT2D eigenvalue weighted by atomic mass is 16.5. The Morgan fingerprint density at radius 3 is 2.43 bits per heavy atom. The van der Waals surface area contributed by atoms with E-state index in [1.165, 1.54) is 0 Å². The maximum absolute atomic E-state index is 10.8. The first-order valence-electron chi connectivity index (χ1n) is 4.49. The van der Waals surface area contributed by atoms with Crippen molar-refractivity contribution in [2.75, 3.05) is 6.61 Å². The molecule has 0 aliphatic heterocycles. The lowest BCUT2D eigenvalue weighted by Gasteiger charge is -2.05. The van der Waals surface area contributed by atoms with Crippen molar-refractivity contribution < 1.29 is 14.6 Å². The zero-order valence-electron chi connectivity index (χ0n) is 9.05. The smallest absolute Gasteiger partial charge is 0.384 e. The van der Waals surface area contributed by atoms with Crippen molar-refractivity contribution in [2.24, 2.45) is 0 Å². The number of esters is 1. The number of aliphatic hydroxyl groups excluding tert-OH is 1. The van der Waals surface area contributed by atoms with Gasteiger partial charge in [0.25, 0.3) is 0 Å². The van der Waals surface area contributed by atoms with Crippen molar-refractivity contribution in [3.63, 3.8) is 0 Å². The van der Waals surface area contributed by atoms with Gasteiger partial charge in [-0.15, -0.1) is 0 Å². The Kier molecular flexibility index (Phi) is 5.66. The van der Waals surface area contributed by atoms with E-state index in [2.05, 4.69) is 16.6 Å². The summed E-state index contributed by atoms with van der Waals surface area (Å²) < 4.78 is 4.59. The molecule has 0 amide bonds. The van der Waals surface area contributed by atoms with Crippen LogP contribution in [-0.2, 0) is 9.53 Å². The third kappa shape index (κ3) is 4.68. The van der Waals surface area contributed by atoms with Crippen LogP contribution in [0.2, 0.25) is 0 Å². The van der Waals surface area contributed by atoms with Gasteiger partial charge in [-0.1, -0.05) is 11.5 Å². The molecule has 0 radical (unpaired) electrons.